The predicted octanol–water partition coefficient (Wildman–Crippen LogP) is 3.42. The van der Waals surface area contributed by atoms with E-state index in [1.807, 2.05) is 49.4 Å². The Bertz CT molecular complexity index is 1020. The lowest BCUT2D eigenvalue weighted by atomic mass is 9.91. The standard InChI is InChI=1S/C24H26N2O3/c1-2-29-24(28)16-26-21-11-7-6-10-19(21)20-15-18(12-13-22(20)26)25-23(27)14-17-8-4-3-5-9-17/h3-11,18H,2,12-16H2,1H3,(H,25,27)/t18-/m0/s1. The van der Waals surface area contributed by atoms with E-state index in [0.717, 1.165) is 35.7 Å². The molecule has 1 heterocycles. The number of carbonyl (C=O) groups is 2. The molecule has 1 aliphatic rings. The molecule has 0 saturated carbocycles. The molecule has 4 rings (SSSR count). The largest absolute Gasteiger partial charge is 0.465 e. The van der Waals surface area contributed by atoms with Crippen molar-refractivity contribution < 1.29 is 14.3 Å². The number of hydrogen-bond donors (Lipinski definition) is 1. The minimum absolute atomic E-state index is 0.0555. The maximum absolute atomic E-state index is 12.5. The van der Waals surface area contributed by atoms with Crippen molar-refractivity contribution in [2.75, 3.05) is 6.61 Å². The highest BCUT2D eigenvalue weighted by Gasteiger charge is 2.27. The first-order valence-electron chi connectivity index (χ1n) is 10.2. The summed E-state index contributed by atoms with van der Waals surface area (Å²) in [6.45, 7) is 2.44. The zero-order chi connectivity index (χ0) is 20.2. The molecule has 0 aliphatic heterocycles. The summed E-state index contributed by atoms with van der Waals surface area (Å²) in [5.74, 6) is -0.158. The van der Waals surface area contributed by atoms with Gasteiger partial charge >= 0.3 is 5.97 Å². The first kappa shape index (κ1) is 19.2. The minimum Gasteiger partial charge on any atom is -0.465 e. The van der Waals surface area contributed by atoms with Crippen LogP contribution in [0.3, 0.4) is 0 Å². The van der Waals surface area contributed by atoms with Crippen molar-refractivity contribution in [3.63, 3.8) is 0 Å². The molecular formula is C24H26N2O3. The second-order valence-electron chi connectivity index (χ2n) is 7.50. The SMILES string of the molecule is CCOC(=O)Cn1c2c(c3ccccc31)C[C@@H](NC(=O)Cc1ccccc1)CC2. The molecule has 5 heteroatoms. The molecular weight excluding hydrogens is 364 g/mol. The van der Waals surface area contributed by atoms with Crippen LogP contribution < -0.4 is 5.32 Å². The number of para-hydroxylation sites is 1. The van der Waals surface area contributed by atoms with Gasteiger partial charge in [-0.05, 0) is 43.4 Å². The Balaban J connectivity index is 1.53. The lowest BCUT2D eigenvalue weighted by Gasteiger charge is -2.25. The topological polar surface area (TPSA) is 60.3 Å². The summed E-state index contributed by atoms with van der Waals surface area (Å²) in [4.78, 5) is 24.6. The molecule has 1 atom stereocenters. The number of benzene rings is 2. The molecule has 2 aromatic carbocycles. The third-order valence-corrected chi connectivity index (χ3v) is 5.54. The van der Waals surface area contributed by atoms with Gasteiger partial charge in [0.1, 0.15) is 6.54 Å². The Morgan fingerprint density at radius 2 is 1.86 bits per heavy atom. The fourth-order valence-electron chi connectivity index (χ4n) is 4.30. The minimum atomic E-state index is -0.214. The van der Waals surface area contributed by atoms with Gasteiger partial charge in [0.25, 0.3) is 0 Å². The van der Waals surface area contributed by atoms with Crippen molar-refractivity contribution in [3.05, 3.63) is 71.4 Å². The maximum Gasteiger partial charge on any atom is 0.325 e. The Labute approximate surface area is 170 Å². The van der Waals surface area contributed by atoms with Crippen LogP contribution in [-0.2, 0) is 40.1 Å². The molecule has 1 amide bonds. The number of esters is 1. The monoisotopic (exact) mass is 390 g/mol. The van der Waals surface area contributed by atoms with E-state index >= 15 is 0 Å². The highest BCUT2D eigenvalue weighted by atomic mass is 16.5. The van der Waals surface area contributed by atoms with Crippen molar-refractivity contribution in [2.24, 2.45) is 0 Å². The van der Waals surface area contributed by atoms with Crippen LogP contribution in [-0.4, -0.2) is 29.1 Å². The fourth-order valence-corrected chi connectivity index (χ4v) is 4.30. The molecule has 1 N–H and O–H groups in total. The number of fused-ring (bicyclic) bond motifs is 3. The zero-order valence-electron chi connectivity index (χ0n) is 16.7. The average Bonchev–Trinajstić information content (AvgIpc) is 3.02. The fraction of sp³-hybridized carbons (Fsp3) is 0.333. The van der Waals surface area contributed by atoms with Crippen LogP contribution in [0.15, 0.2) is 54.6 Å². The quantitative estimate of drug-likeness (QED) is 0.656. The van der Waals surface area contributed by atoms with Crippen molar-refractivity contribution >= 4 is 22.8 Å². The highest BCUT2D eigenvalue weighted by molar-refractivity contribution is 5.87. The Kier molecular flexibility index (Phi) is 5.65. The van der Waals surface area contributed by atoms with Gasteiger partial charge in [-0.1, -0.05) is 48.5 Å². The summed E-state index contributed by atoms with van der Waals surface area (Å²) < 4.78 is 7.26. The lowest BCUT2D eigenvalue weighted by Crippen LogP contribution is -2.39. The third kappa shape index (κ3) is 4.19. The third-order valence-electron chi connectivity index (χ3n) is 5.54. The summed E-state index contributed by atoms with van der Waals surface area (Å²) in [6.07, 6.45) is 2.88. The van der Waals surface area contributed by atoms with E-state index in [-0.39, 0.29) is 24.5 Å². The van der Waals surface area contributed by atoms with Gasteiger partial charge in [-0.2, -0.15) is 0 Å². The molecule has 0 fully saturated rings. The van der Waals surface area contributed by atoms with Gasteiger partial charge in [0, 0.05) is 22.6 Å². The first-order chi connectivity index (χ1) is 14.2. The molecule has 5 nitrogen and oxygen atoms in total. The van der Waals surface area contributed by atoms with E-state index in [9.17, 15) is 9.59 Å². The Morgan fingerprint density at radius 3 is 2.66 bits per heavy atom. The Morgan fingerprint density at radius 1 is 1.10 bits per heavy atom. The highest BCUT2D eigenvalue weighted by Crippen LogP contribution is 2.32. The van der Waals surface area contributed by atoms with Crippen LogP contribution in [0.1, 0.15) is 30.2 Å². The van der Waals surface area contributed by atoms with Gasteiger partial charge in [0.05, 0.1) is 13.0 Å². The number of nitrogens with one attached hydrogen (secondary N) is 1. The van der Waals surface area contributed by atoms with E-state index in [1.54, 1.807) is 0 Å². The second-order valence-corrected chi connectivity index (χ2v) is 7.50. The maximum atomic E-state index is 12.5. The van der Waals surface area contributed by atoms with Gasteiger partial charge in [-0.25, -0.2) is 0 Å². The van der Waals surface area contributed by atoms with E-state index < -0.39 is 0 Å². The van der Waals surface area contributed by atoms with Gasteiger partial charge < -0.3 is 14.6 Å². The van der Waals surface area contributed by atoms with E-state index in [0.29, 0.717) is 13.0 Å². The summed E-state index contributed by atoms with van der Waals surface area (Å²) in [7, 11) is 0. The lowest BCUT2D eigenvalue weighted by molar-refractivity contribution is -0.143. The number of nitrogens with zero attached hydrogens (tertiary/aromatic N) is 1. The van der Waals surface area contributed by atoms with Crippen LogP contribution in [0.25, 0.3) is 10.9 Å². The van der Waals surface area contributed by atoms with Gasteiger partial charge in [0.15, 0.2) is 0 Å². The zero-order valence-corrected chi connectivity index (χ0v) is 16.7. The van der Waals surface area contributed by atoms with Crippen LogP contribution in [0.2, 0.25) is 0 Å². The molecule has 0 radical (unpaired) electrons. The molecule has 150 valence electrons. The smallest absolute Gasteiger partial charge is 0.325 e. The van der Waals surface area contributed by atoms with Gasteiger partial charge in [-0.3, -0.25) is 9.59 Å². The number of rotatable bonds is 6. The summed E-state index contributed by atoms with van der Waals surface area (Å²) in [6, 6.07) is 18.1. The number of ether oxygens (including phenoxy) is 1. The molecule has 1 aliphatic carbocycles. The second kappa shape index (κ2) is 8.52. The first-order valence-corrected chi connectivity index (χ1v) is 10.2. The molecule has 29 heavy (non-hydrogen) atoms. The Hall–Kier alpha value is -3.08. The molecule has 0 spiro atoms. The van der Waals surface area contributed by atoms with Crippen molar-refractivity contribution in [2.45, 2.75) is 45.2 Å². The number of hydrogen-bond acceptors (Lipinski definition) is 3. The van der Waals surface area contributed by atoms with Crippen LogP contribution in [0.4, 0.5) is 0 Å². The summed E-state index contributed by atoms with van der Waals surface area (Å²) >= 11 is 0. The predicted molar refractivity (Wildman–Crippen MR) is 113 cm³/mol. The normalized spacial score (nSPS) is 15.7. The van der Waals surface area contributed by atoms with Crippen molar-refractivity contribution in [3.8, 4) is 0 Å². The van der Waals surface area contributed by atoms with Gasteiger partial charge in [-0.15, -0.1) is 0 Å². The van der Waals surface area contributed by atoms with Crippen LogP contribution >= 0.6 is 0 Å². The van der Waals surface area contributed by atoms with E-state index in [1.165, 1.54) is 11.3 Å². The van der Waals surface area contributed by atoms with Crippen molar-refractivity contribution in [1.82, 2.24) is 9.88 Å². The molecule has 1 aromatic heterocycles. The molecule has 0 unspecified atom stereocenters. The van der Waals surface area contributed by atoms with Crippen LogP contribution in [0.5, 0.6) is 0 Å². The molecule has 0 bridgehead atoms. The average molecular weight is 390 g/mol. The number of aromatic nitrogens is 1. The number of carbonyl (C=O) groups excluding carboxylic acids is 2. The summed E-state index contributed by atoms with van der Waals surface area (Å²) in [5.41, 5.74) is 4.50. The molecule has 0 saturated heterocycles. The number of amides is 1. The summed E-state index contributed by atoms with van der Waals surface area (Å²) in [5, 5.41) is 4.36. The molecule has 3 aromatic rings. The van der Waals surface area contributed by atoms with Crippen molar-refractivity contribution in [1.29, 1.82) is 0 Å². The van der Waals surface area contributed by atoms with Gasteiger partial charge in [0.2, 0.25) is 5.91 Å². The van der Waals surface area contributed by atoms with Crippen LogP contribution in [0, 0.1) is 0 Å². The van der Waals surface area contributed by atoms with E-state index in [2.05, 4.69) is 22.0 Å². The van der Waals surface area contributed by atoms with E-state index in [4.69, 9.17) is 4.74 Å².